The summed E-state index contributed by atoms with van der Waals surface area (Å²) in [5.41, 5.74) is 4.96. The average Bonchev–Trinajstić information content (AvgIpc) is 3.42. The Morgan fingerprint density at radius 3 is 2.79 bits per heavy atom. The van der Waals surface area contributed by atoms with Gasteiger partial charge in [0, 0.05) is 30.9 Å². The molecule has 144 valence electrons. The molecule has 2 N–H and O–H groups in total. The maximum atomic E-state index is 4.98. The predicted octanol–water partition coefficient (Wildman–Crippen LogP) is 3.11. The quantitative estimate of drug-likeness (QED) is 0.553. The van der Waals surface area contributed by atoms with E-state index in [1.807, 2.05) is 43.3 Å². The summed E-state index contributed by atoms with van der Waals surface area (Å²) in [5.74, 6) is 1.22. The molecule has 8 nitrogen and oxygen atoms in total. The van der Waals surface area contributed by atoms with Gasteiger partial charge in [0.15, 0.2) is 11.5 Å². The van der Waals surface area contributed by atoms with Gasteiger partial charge < -0.3 is 10.6 Å². The first-order valence-corrected chi connectivity index (χ1v) is 10.2. The summed E-state index contributed by atoms with van der Waals surface area (Å²) < 4.78 is 8.31. The van der Waals surface area contributed by atoms with Crippen molar-refractivity contribution in [2.24, 2.45) is 7.05 Å². The molecule has 0 spiro atoms. The number of imidazole rings is 1. The van der Waals surface area contributed by atoms with Crippen molar-refractivity contribution in [3.8, 4) is 11.3 Å². The monoisotopic (exact) mass is 394 g/mol. The fourth-order valence-corrected chi connectivity index (χ4v) is 4.37. The van der Waals surface area contributed by atoms with Gasteiger partial charge in [-0.15, -0.1) is 0 Å². The van der Waals surface area contributed by atoms with Gasteiger partial charge in [-0.25, -0.2) is 9.97 Å². The summed E-state index contributed by atoms with van der Waals surface area (Å²) in [6.45, 7) is 4.05. The van der Waals surface area contributed by atoms with E-state index in [0.717, 1.165) is 65.0 Å². The van der Waals surface area contributed by atoms with Crippen LogP contribution in [0.25, 0.3) is 16.9 Å². The van der Waals surface area contributed by atoms with Crippen molar-refractivity contribution in [3.05, 3.63) is 42.2 Å². The van der Waals surface area contributed by atoms with Gasteiger partial charge in [0.05, 0.1) is 29.5 Å². The molecule has 0 unspecified atom stereocenters. The molecule has 0 saturated carbocycles. The highest BCUT2D eigenvalue weighted by Crippen LogP contribution is 2.31. The van der Waals surface area contributed by atoms with Gasteiger partial charge in [-0.05, 0) is 50.5 Å². The number of rotatable bonds is 4. The van der Waals surface area contributed by atoms with Crippen LogP contribution >= 0.6 is 11.5 Å². The van der Waals surface area contributed by atoms with Crippen LogP contribution in [-0.2, 0) is 7.05 Å². The molecule has 1 aliphatic rings. The second-order valence-electron chi connectivity index (χ2n) is 7.24. The molecule has 5 rings (SSSR count). The Kier molecular flexibility index (Phi) is 4.33. The van der Waals surface area contributed by atoms with Gasteiger partial charge in [0.1, 0.15) is 5.00 Å². The fourth-order valence-electron chi connectivity index (χ4n) is 3.71. The Morgan fingerprint density at radius 2 is 2.07 bits per heavy atom. The minimum atomic E-state index is 0.443. The third-order valence-electron chi connectivity index (χ3n) is 5.14. The first-order chi connectivity index (χ1) is 13.7. The fraction of sp³-hybridized carbons (Fsp3) is 0.368. The minimum absolute atomic E-state index is 0.443. The number of aryl methyl sites for hydroxylation is 2. The Morgan fingerprint density at radius 1 is 1.21 bits per heavy atom. The zero-order valence-corrected chi connectivity index (χ0v) is 16.7. The highest BCUT2D eigenvalue weighted by molar-refractivity contribution is 7.10. The molecule has 9 heteroatoms. The van der Waals surface area contributed by atoms with Crippen LogP contribution in [0.1, 0.15) is 30.1 Å². The maximum absolute atomic E-state index is 4.98. The van der Waals surface area contributed by atoms with E-state index in [1.165, 1.54) is 11.5 Å². The lowest BCUT2D eigenvalue weighted by atomic mass is 9.95. The molecule has 0 aromatic carbocycles. The van der Waals surface area contributed by atoms with Crippen LogP contribution in [0, 0.1) is 6.92 Å². The smallest absolute Gasteiger partial charge is 0.180 e. The Balaban J connectivity index is 1.64. The van der Waals surface area contributed by atoms with E-state index < -0.39 is 0 Å². The van der Waals surface area contributed by atoms with Crippen molar-refractivity contribution in [1.82, 2.24) is 33.8 Å². The minimum Gasteiger partial charge on any atom is -0.328 e. The van der Waals surface area contributed by atoms with Gasteiger partial charge >= 0.3 is 0 Å². The zero-order chi connectivity index (χ0) is 19.1. The largest absolute Gasteiger partial charge is 0.328 e. The summed E-state index contributed by atoms with van der Waals surface area (Å²) in [7, 11) is 1.92. The predicted molar refractivity (Wildman–Crippen MR) is 110 cm³/mol. The molecular formula is C19H22N8S. The zero-order valence-electron chi connectivity index (χ0n) is 15.9. The van der Waals surface area contributed by atoms with Gasteiger partial charge in [-0.3, -0.25) is 9.08 Å². The van der Waals surface area contributed by atoms with Crippen molar-refractivity contribution in [1.29, 1.82) is 0 Å². The summed E-state index contributed by atoms with van der Waals surface area (Å²) >= 11 is 1.44. The first kappa shape index (κ1) is 17.3. The first-order valence-electron chi connectivity index (χ1n) is 9.45. The Labute approximate surface area is 166 Å². The molecule has 1 aliphatic heterocycles. The van der Waals surface area contributed by atoms with Crippen molar-refractivity contribution in [2.75, 3.05) is 18.4 Å². The van der Waals surface area contributed by atoms with E-state index in [0.29, 0.717) is 5.92 Å². The highest BCUT2D eigenvalue weighted by atomic mass is 32.1. The van der Waals surface area contributed by atoms with Gasteiger partial charge in [0.25, 0.3) is 0 Å². The van der Waals surface area contributed by atoms with Crippen LogP contribution in [0.5, 0.6) is 0 Å². The van der Waals surface area contributed by atoms with Crippen LogP contribution in [0.3, 0.4) is 0 Å². The van der Waals surface area contributed by atoms with E-state index in [9.17, 15) is 0 Å². The standard InChI is InChI=1S/C19H22N8S/c1-12-7-17(28-25-12)24-18-19-21-9-16(14-8-22-26(2)10-14)27(19)11-15(23-18)13-3-5-20-6-4-13/h7-11,13,20H,3-6H2,1-2H3,(H,23,24). The second-order valence-corrected chi connectivity index (χ2v) is 8.04. The van der Waals surface area contributed by atoms with Crippen LogP contribution in [0.15, 0.2) is 30.9 Å². The number of nitrogens with zero attached hydrogens (tertiary/aromatic N) is 6. The van der Waals surface area contributed by atoms with E-state index in [1.54, 1.807) is 0 Å². The lowest BCUT2D eigenvalue weighted by Crippen LogP contribution is -2.27. The molecule has 4 aromatic heterocycles. The number of aromatic nitrogens is 6. The lowest BCUT2D eigenvalue weighted by molar-refractivity contribution is 0.452. The van der Waals surface area contributed by atoms with E-state index in [-0.39, 0.29) is 0 Å². The van der Waals surface area contributed by atoms with Crippen LogP contribution < -0.4 is 10.6 Å². The van der Waals surface area contributed by atoms with Crippen molar-refractivity contribution in [2.45, 2.75) is 25.7 Å². The average molecular weight is 395 g/mol. The summed E-state index contributed by atoms with van der Waals surface area (Å²) in [4.78, 5) is 9.64. The molecule has 1 saturated heterocycles. The molecule has 1 fully saturated rings. The van der Waals surface area contributed by atoms with Crippen molar-refractivity contribution < 1.29 is 0 Å². The Hall–Kier alpha value is -2.78. The molecule has 0 bridgehead atoms. The molecule has 28 heavy (non-hydrogen) atoms. The normalized spacial score (nSPS) is 15.4. The van der Waals surface area contributed by atoms with Crippen LogP contribution in [-0.4, -0.2) is 41.6 Å². The highest BCUT2D eigenvalue weighted by Gasteiger charge is 2.21. The summed E-state index contributed by atoms with van der Waals surface area (Å²) in [5, 5.41) is 12.2. The number of piperidine rings is 1. The molecule has 0 aliphatic carbocycles. The summed E-state index contributed by atoms with van der Waals surface area (Å²) in [6.07, 6.45) is 10.1. The lowest BCUT2D eigenvalue weighted by Gasteiger charge is -2.23. The molecule has 4 aromatic rings. The van der Waals surface area contributed by atoms with Crippen molar-refractivity contribution in [3.63, 3.8) is 0 Å². The number of anilines is 2. The number of fused-ring (bicyclic) bond motifs is 1. The number of hydrogen-bond acceptors (Lipinski definition) is 7. The van der Waals surface area contributed by atoms with Gasteiger partial charge in [0.2, 0.25) is 0 Å². The number of hydrogen-bond donors (Lipinski definition) is 2. The molecule has 5 heterocycles. The second kappa shape index (κ2) is 6.99. The topological polar surface area (TPSA) is 85.0 Å². The maximum Gasteiger partial charge on any atom is 0.180 e. The third kappa shape index (κ3) is 3.16. The Bertz CT molecular complexity index is 1120. The van der Waals surface area contributed by atoms with Crippen LogP contribution in [0.2, 0.25) is 0 Å². The molecule has 0 atom stereocenters. The van der Waals surface area contributed by atoms with Crippen LogP contribution in [0.4, 0.5) is 10.8 Å². The number of nitrogens with one attached hydrogen (secondary N) is 2. The summed E-state index contributed by atoms with van der Waals surface area (Å²) in [6, 6.07) is 2.03. The van der Waals surface area contributed by atoms with Crippen molar-refractivity contribution >= 4 is 28.0 Å². The van der Waals surface area contributed by atoms with Gasteiger partial charge in [-0.2, -0.15) is 9.47 Å². The molecule has 0 amide bonds. The third-order valence-corrected chi connectivity index (χ3v) is 5.93. The van der Waals surface area contributed by atoms with E-state index in [4.69, 9.17) is 4.98 Å². The SMILES string of the molecule is Cc1cc(Nc2nc(C3CCNCC3)cn3c(-c4cnn(C)c4)cnc23)sn1. The van der Waals surface area contributed by atoms with E-state index >= 15 is 0 Å². The van der Waals surface area contributed by atoms with E-state index in [2.05, 4.69) is 35.7 Å². The molecular weight excluding hydrogens is 372 g/mol. The van der Waals surface area contributed by atoms with Gasteiger partial charge in [-0.1, -0.05) is 0 Å². The molecule has 0 radical (unpaired) electrons.